The Morgan fingerprint density at radius 1 is 1.17 bits per heavy atom. The maximum atomic E-state index is 12.5. The lowest BCUT2D eigenvalue weighted by Crippen LogP contribution is -2.28. The van der Waals surface area contributed by atoms with Gasteiger partial charge in [-0.25, -0.2) is 0 Å². The molecular formula is C21H22N6O2. The number of hydrogen-bond donors (Lipinski definition) is 2. The van der Waals surface area contributed by atoms with Gasteiger partial charge in [0.15, 0.2) is 5.65 Å². The third kappa shape index (κ3) is 3.96. The molecule has 8 heteroatoms. The molecule has 0 saturated carbocycles. The summed E-state index contributed by atoms with van der Waals surface area (Å²) in [6.07, 6.45) is 2.78. The van der Waals surface area contributed by atoms with E-state index in [0.29, 0.717) is 13.0 Å². The van der Waals surface area contributed by atoms with E-state index in [1.807, 2.05) is 60.0 Å². The Balaban J connectivity index is 1.40. The molecule has 3 aromatic heterocycles. The number of aryl methyl sites for hydroxylation is 1. The number of benzene rings is 1. The number of pyridine rings is 1. The summed E-state index contributed by atoms with van der Waals surface area (Å²) in [5, 5.41) is 18.6. The fourth-order valence-corrected chi connectivity index (χ4v) is 3.25. The van der Waals surface area contributed by atoms with Crippen molar-refractivity contribution in [3.8, 4) is 17.0 Å². The van der Waals surface area contributed by atoms with E-state index < -0.39 is 0 Å². The molecule has 0 aliphatic heterocycles. The van der Waals surface area contributed by atoms with Gasteiger partial charge < -0.3 is 10.1 Å². The molecule has 0 fully saturated rings. The predicted molar refractivity (Wildman–Crippen MR) is 109 cm³/mol. The number of methoxy groups -OCH3 is 1. The first-order valence-electron chi connectivity index (χ1n) is 9.39. The summed E-state index contributed by atoms with van der Waals surface area (Å²) in [5.74, 6) is 1.54. The molecule has 4 rings (SSSR count). The molecular weight excluding hydrogens is 368 g/mol. The van der Waals surface area contributed by atoms with Crippen LogP contribution in [0.25, 0.3) is 16.9 Å². The van der Waals surface area contributed by atoms with Gasteiger partial charge in [-0.3, -0.25) is 14.3 Å². The molecule has 148 valence electrons. The number of nitrogens with one attached hydrogen (secondary N) is 2. The summed E-state index contributed by atoms with van der Waals surface area (Å²) in [7, 11) is 1.63. The number of carbonyl (C=O) groups is 1. The first-order chi connectivity index (χ1) is 14.2. The van der Waals surface area contributed by atoms with Crippen LogP contribution in [-0.2, 0) is 17.6 Å². The average molecular weight is 390 g/mol. The van der Waals surface area contributed by atoms with Gasteiger partial charge in [0, 0.05) is 36.0 Å². The monoisotopic (exact) mass is 390 g/mol. The minimum Gasteiger partial charge on any atom is -0.497 e. The summed E-state index contributed by atoms with van der Waals surface area (Å²) < 4.78 is 7.13. The molecule has 0 unspecified atom stereocenters. The molecule has 0 aliphatic carbocycles. The number of nitrogens with zero attached hydrogens (tertiary/aromatic N) is 4. The number of H-pyrrole nitrogens is 1. The van der Waals surface area contributed by atoms with E-state index in [9.17, 15) is 4.79 Å². The highest BCUT2D eigenvalue weighted by molar-refractivity contribution is 5.81. The van der Waals surface area contributed by atoms with Gasteiger partial charge in [0.05, 0.1) is 19.2 Å². The number of amides is 1. The van der Waals surface area contributed by atoms with Crippen molar-refractivity contribution in [1.82, 2.24) is 30.1 Å². The number of aromatic nitrogens is 5. The van der Waals surface area contributed by atoms with Crippen molar-refractivity contribution in [2.75, 3.05) is 13.7 Å². The zero-order valence-electron chi connectivity index (χ0n) is 16.3. The normalized spacial score (nSPS) is 11.0. The summed E-state index contributed by atoms with van der Waals surface area (Å²) in [5.41, 5.74) is 4.29. The Morgan fingerprint density at radius 3 is 2.79 bits per heavy atom. The second-order valence-electron chi connectivity index (χ2n) is 6.73. The molecule has 1 amide bonds. The maximum absolute atomic E-state index is 12.5. The van der Waals surface area contributed by atoms with Crippen molar-refractivity contribution < 1.29 is 9.53 Å². The molecule has 3 heterocycles. The lowest BCUT2D eigenvalue weighted by molar-refractivity contribution is -0.120. The molecule has 2 N–H and O–H groups in total. The Hall–Kier alpha value is -3.68. The van der Waals surface area contributed by atoms with E-state index in [-0.39, 0.29) is 12.3 Å². The third-order valence-electron chi connectivity index (χ3n) is 4.83. The van der Waals surface area contributed by atoms with Crippen LogP contribution in [0.1, 0.15) is 17.1 Å². The molecule has 1 aromatic carbocycles. The summed E-state index contributed by atoms with van der Waals surface area (Å²) >= 11 is 0. The zero-order valence-corrected chi connectivity index (χ0v) is 16.3. The number of rotatable bonds is 7. The van der Waals surface area contributed by atoms with Crippen molar-refractivity contribution in [3.63, 3.8) is 0 Å². The minimum atomic E-state index is -0.0573. The molecule has 0 saturated heterocycles. The first kappa shape index (κ1) is 18.7. The molecule has 0 atom stereocenters. The zero-order chi connectivity index (χ0) is 20.2. The van der Waals surface area contributed by atoms with Gasteiger partial charge in [0.25, 0.3) is 0 Å². The van der Waals surface area contributed by atoms with Crippen LogP contribution in [0.2, 0.25) is 0 Å². The van der Waals surface area contributed by atoms with Crippen LogP contribution in [0.15, 0.2) is 48.7 Å². The first-order valence-corrected chi connectivity index (χ1v) is 9.39. The highest BCUT2D eigenvalue weighted by atomic mass is 16.5. The van der Waals surface area contributed by atoms with Gasteiger partial charge in [-0.2, -0.15) is 5.10 Å². The van der Waals surface area contributed by atoms with Crippen LogP contribution in [0.5, 0.6) is 5.75 Å². The second-order valence-corrected chi connectivity index (χ2v) is 6.73. The highest BCUT2D eigenvalue weighted by Crippen LogP contribution is 2.26. The van der Waals surface area contributed by atoms with Gasteiger partial charge >= 0.3 is 0 Å². The highest BCUT2D eigenvalue weighted by Gasteiger charge is 2.16. The van der Waals surface area contributed by atoms with Crippen LogP contribution in [0.3, 0.4) is 0 Å². The molecule has 0 radical (unpaired) electrons. The van der Waals surface area contributed by atoms with E-state index in [4.69, 9.17) is 4.74 Å². The number of fused-ring (bicyclic) bond motifs is 1. The second kappa shape index (κ2) is 8.14. The Labute approximate surface area is 167 Å². The Kier molecular flexibility index (Phi) is 5.24. The van der Waals surface area contributed by atoms with Crippen LogP contribution in [0, 0.1) is 6.92 Å². The molecule has 4 aromatic rings. The quantitative estimate of drug-likeness (QED) is 0.505. The number of ether oxygens (including phenoxy) is 1. The van der Waals surface area contributed by atoms with Crippen LogP contribution >= 0.6 is 0 Å². The SMILES string of the molecule is COc1ccc(-c2n[nH]c(C)c2CC(=O)NCCc2nnc3ccccn23)cc1. The Morgan fingerprint density at radius 2 is 2.00 bits per heavy atom. The number of hydrogen-bond acceptors (Lipinski definition) is 5. The van der Waals surface area contributed by atoms with Gasteiger partial charge in [0.2, 0.25) is 5.91 Å². The van der Waals surface area contributed by atoms with E-state index in [1.54, 1.807) is 7.11 Å². The number of carbonyl (C=O) groups excluding carboxylic acids is 1. The van der Waals surface area contributed by atoms with Crippen LogP contribution in [-0.4, -0.2) is 44.4 Å². The van der Waals surface area contributed by atoms with Gasteiger partial charge in [-0.05, 0) is 43.3 Å². The van der Waals surface area contributed by atoms with E-state index in [1.165, 1.54) is 0 Å². The van der Waals surface area contributed by atoms with Gasteiger partial charge in [-0.1, -0.05) is 6.07 Å². The fourth-order valence-electron chi connectivity index (χ4n) is 3.25. The third-order valence-corrected chi connectivity index (χ3v) is 4.83. The van der Waals surface area contributed by atoms with Crippen molar-refractivity contribution in [1.29, 1.82) is 0 Å². The standard InChI is InChI=1S/C21H22N6O2/c1-14-17(21(26-23-14)15-6-8-16(29-2)9-7-15)13-20(28)22-11-10-19-25-24-18-5-3-4-12-27(18)19/h3-9,12H,10-11,13H2,1-2H3,(H,22,28)(H,23,26). The van der Waals surface area contributed by atoms with Gasteiger partial charge in [-0.15, -0.1) is 10.2 Å². The average Bonchev–Trinajstić information content (AvgIpc) is 3.32. The summed E-state index contributed by atoms with van der Waals surface area (Å²) in [6.45, 7) is 2.41. The van der Waals surface area contributed by atoms with Crippen molar-refractivity contribution in [2.45, 2.75) is 19.8 Å². The van der Waals surface area contributed by atoms with Crippen molar-refractivity contribution >= 4 is 11.6 Å². The molecule has 29 heavy (non-hydrogen) atoms. The molecule has 0 bridgehead atoms. The lowest BCUT2D eigenvalue weighted by Gasteiger charge is -2.07. The van der Waals surface area contributed by atoms with E-state index in [2.05, 4.69) is 25.7 Å². The van der Waals surface area contributed by atoms with Crippen molar-refractivity contribution in [2.24, 2.45) is 0 Å². The summed E-state index contributed by atoms with van der Waals surface area (Å²) in [6, 6.07) is 13.4. The van der Waals surface area contributed by atoms with E-state index >= 15 is 0 Å². The Bertz CT molecular complexity index is 1130. The number of aromatic amines is 1. The topological polar surface area (TPSA) is 97.2 Å². The molecule has 8 nitrogen and oxygen atoms in total. The van der Waals surface area contributed by atoms with Crippen LogP contribution < -0.4 is 10.1 Å². The maximum Gasteiger partial charge on any atom is 0.224 e. The minimum absolute atomic E-state index is 0.0573. The van der Waals surface area contributed by atoms with E-state index in [0.717, 1.165) is 39.7 Å². The largest absolute Gasteiger partial charge is 0.497 e. The van der Waals surface area contributed by atoms with Crippen LogP contribution in [0.4, 0.5) is 0 Å². The molecule has 0 spiro atoms. The van der Waals surface area contributed by atoms with Crippen molar-refractivity contribution in [3.05, 3.63) is 65.7 Å². The smallest absolute Gasteiger partial charge is 0.224 e. The summed E-state index contributed by atoms with van der Waals surface area (Å²) in [4.78, 5) is 12.5. The van der Waals surface area contributed by atoms with Gasteiger partial charge in [0.1, 0.15) is 11.6 Å². The fraction of sp³-hybridized carbons (Fsp3) is 0.238. The lowest BCUT2D eigenvalue weighted by atomic mass is 10.0. The molecule has 0 aliphatic rings. The predicted octanol–water partition coefficient (Wildman–Crippen LogP) is 2.34.